The van der Waals surface area contributed by atoms with Crippen LogP contribution in [0, 0.1) is 34.5 Å². The summed E-state index contributed by atoms with van der Waals surface area (Å²) in [4.78, 5) is 47.6. The normalized spacial score (nSPS) is 14.6. The van der Waals surface area contributed by atoms with Gasteiger partial charge in [0, 0.05) is 29.9 Å². The van der Waals surface area contributed by atoms with Crippen molar-refractivity contribution in [3.63, 3.8) is 0 Å². The third-order valence-electron chi connectivity index (χ3n) is 7.53. The summed E-state index contributed by atoms with van der Waals surface area (Å²) in [6.45, 7) is 3.90. The highest BCUT2D eigenvalue weighted by molar-refractivity contribution is 5.93. The molecular weight excluding hydrogens is 548 g/mol. The number of carbonyl (C=O) groups is 1. The first-order valence-corrected chi connectivity index (χ1v) is 14.0. The molecule has 12 nitrogen and oxygen atoms in total. The molecule has 0 aliphatic carbocycles. The Hall–Kier alpha value is -5.38. The first kappa shape index (κ1) is 29.1. The molecular formula is C31H30N8O4. The number of ether oxygens (including phenoxy) is 1. The molecule has 2 aromatic heterocycles. The van der Waals surface area contributed by atoms with Crippen LogP contribution >= 0.6 is 0 Å². The van der Waals surface area contributed by atoms with Crippen LogP contribution in [0.25, 0.3) is 21.9 Å². The van der Waals surface area contributed by atoms with Crippen LogP contribution in [0.1, 0.15) is 43.4 Å². The summed E-state index contributed by atoms with van der Waals surface area (Å²) in [7, 11) is 0. The maximum atomic E-state index is 14.2. The maximum Gasteiger partial charge on any atom is 0.333 e. The second-order valence-corrected chi connectivity index (χ2v) is 10.2. The van der Waals surface area contributed by atoms with Crippen molar-refractivity contribution in [2.24, 2.45) is 5.73 Å². The molecule has 1 aliphatic rings. The van der Waals surface area contributed by atoms with E-state index < -0.39 is 23.8 Å². The number of nitrogens with zero attached hydrogens (tertiary/aromatic N) is 7. The molecule has 1 unspecified atom stereocenters. The van der Waals surface area contributed by atoms with E-state index in [1.807, 2.05) is 4.90 Å². The van der Waals surface area contributed by atoms with E-state index >= 15 is 0 Å². The van der Waals surface area contributed by atoms with Crippen LogP contribution in [-0.4, -0.2) is 50.4 Å². The first-order chi connectivity index (χ1) is 20.8. The van der Waals surface area contributed by atoms with Gasteiger partial charge < -0.3 is 15.4 Å². The van der Waals surface area contributed by atoms with Gasteiger partial charge in [-0.1, -0.05) is 30.2 Å². The molecule has 1 aliphatic heterocycles. The second kappa shape index (κ2) is 12.2. The third kappa shape index (κ3) is 5.34. The van der Waals surface area contributed by atoms with Gasteiger partial charge in [0.2, 0.25) is 5.95 Å². The van der Waals surface area contributed by atoms with E-state index in [1.54, 1.807) is 42.7 Å². The van der Waals surface area contributed by atoms with Crippen molar-refractivity contribution in [1.29, 1.82) is 10.5 Å². The molecule has 2 aromatic carbocycles. The number of imidazole rings is 1. The molecule has 1 saturated heterocycles. The smallest absolute Gasteiger partial charge is 0.333 e. The Bertz CT molecular complexity index is 2010. The molecule has 12 heteroatoms. The van der Waals surface area contributed by atoms with Crippen LogP contribution in [0.3, 0.4) is 0 Å². The van der Waals surface area contributed by atoms with Crippen molar-refractivity contribution in [3.05, 3.63) is 67.9 Å². The Morgan fingerprint density at radius 3 is 2.58 bits per heavy atom. The number of hydrogen-bond acceptors (Lipinski definition) is 9. The van der Waals surface area contributed by atoms with Crippen LogP contribution in [0.15, 0.2) is 39.9 Å². The van der Waals surface area contributed by atoms with Crippen molar-refractivity contribution in [1.82, 2.24) is 18.7 Å². The second-order valence-electron chi connectivity index (χ2n) is 10.2. The number of aromatic nitrogens is 4. The van der Waals surface area contributed by atoms with E-state index in [-0.39, 0.29) is 42.5 Å². The summed E-state index contributed by atoms with van der Waals surface area (Å²) in [5.41, 5.74) is 5.78. The molecule has 0 saturated carbocycles. The summed E-state index contributed by atoms with van der Waals surface area (Å²) in [5.74, 6) is 5.59. The van der Waals surface area contributed by atoms with E-state index in [2.05, 4.69) is 24.0 Å². The first-order valence-electron chi connectivity index (χ1n) is 14.0. The van der Waals surface area contributed by atoms with E-state index in [9.17, 15) is 24.9 Å². The quantitative estimate of drug-likeness (QED) is 0.254. The van der Waals surface area contributed by atoms with Crippen molar-refractivity contribution < 1.29 is 9.53 Å². The number of hydrogen-bond donors (Lipinski definition) is 1. The highest BCUT2D eigenvalue weighted by Crippen LogP contribution is 2.27. The van der Waals surface area contributed by atoms with Crippen molar-refractivity contribution in [2.75, 3.05) is 24.6 Å². The average Bonchev–Trinajstić information content (AvgIpc) is 3.39. The van der Waals surface area contributed by atoms with Crippen molar-refractivity contribution >= 4 is 33.9 Å². The van der Waals surface area contributed by atoms with Gasteiger partial charge in [0.05, 0.1) is 36.9 Å². The number of benzene rings is 2. The number of rotatable bonds is 7. The number of nitriles is 2. The Kier molecular flexibility index (Phi) is 8.29. The number of carbonyl (C=O) groups excluding carboxylic acids is 1. The molecule has 0 radical (unpaired) electrons. The van der Waals surface area contributed by atoms with Gasteiger partial charge in [-0.2, -0.15) is 15.5 Å². The Morgan fingerprint density at radius 2 is 1.91 bits per heavy atom. The van der Waals surface area contributed by atoms with Gasteiger partial charge in [0.15, 0.2) is 11.2 Å². The summed E-state index contributed by atoms with van der Waals surface area (Å²) in [5, 5.41) is 21.1. The van der Waals surface area contributed by atoms with Crippen LogP contribution in [0.2, 0.25) is 0 Å². The molecule has 0 spiro atoms. The predicted molar refractivity (Wildman–Crippen MR) is 160 cm³/mol. The monoisotopic (exact) mass is 578 g/mol. The Balaban J connectivity index is 1.80. The lowest BCUT2D eigenvalue weighted by molar-refractivity contribution is -0.143. The summed E-state index contributed by atoms with van der Waals surface area (Å²) < 4.78 is 8.88. The lowest BCUT2D eigenvalue weighted by Gasteiger charge is -2.31. The van der Waals surface area contributed by atoms with Gasteiger partial charge >= 0.3 is 11.7 Å². The van der Waals surface area contributed by atoms with Gasteiger partial charge in [-0.05, 0) is 38.3 Å². The van der Waals surface area contributed by atoms with Gasteiger partial charge in [-0.15, -0.1) is 5.92 Å². The molecule has 218 valence electrons. The minimum absolute atomic E-state index is 0.0306. The molecule has 0 bridgehead atoms. The van der Waals surface area contributed by atoms with Gasteiger partial charge in [0.1, 0.15) is 12.6 Å². The lowest BCUT2D eigenvalue weighted by Crippen LogP contribution is -2.44. The van der Waals surface area contributed by atoms with Crippen molar-refractivity contribution in [3.8, 4) is 24.0 Å². The van der Waals surface area contributed by atoms with E-state index in [0.29, 0.717) is 40.9 Å². The number of fused-ring (bicyclic) bond motifs is 2. The minimum Gasteiger partial charge on any atom is -0.465 e. The number of piperidine rings is 1. The topological polar surface area (TPSA) is 165 Å². The zero-order chi connectivity index (χ0) is 30.7. The van der Waals surface area contributed by atoms with Gasteiger partial charge in [-0.25, -0.2) is 4.79 Å². The minimum atomic E-state index is -0.797. The summed E-state index contributed by atoms with van der Waals surface area (Å²) >= 11 is 0. The number of nitrogens with two attached hydrogens (primary N) is 1. The third-order valence-corrected chi connectivity index (χ3v) is 7.53. The molecule has 5 rings (SSSR count). The Morgan fingerprint density at radius 1 is 1.14 bits per heavy atom. The SMILES string of the molecule is CC#CCn1c(N2CCCC(N)C2)nc2c1c(=O)n(Cc1cc(C#N)c3ccccc3c1C#N)c(=O)n2CC(=O)OCC. The Labute approximate surface area is 247 Å². The molecule has 0 amide bonds. The highest BCUT2D eigenvalue weighted by Gasteiger charge is 2.28. The molecule has 43 heavy (non-hydrogen) atoms. The molecule has 1 atom stereocenters. The van der Waals surface area contributed by atoms with E-state index in [0.717, 1.165) is 22.0 Å². The molecule has 4 aromatic rings. The fourth-order valence-electron chi connectivity index (χ4n) is 5.59. The number of anilines is 1. The highest BCUT2D eigenvalue weighted by atomic mass is 16.5. The van der Waals surface area contributed by atoms with Crippen molar-refractivity contribution in [2.45, 2.75) is 52.4 Å². The lowest BCUT2D eigenvalue weighted by atomic mass is 9.95. The molecule has 2 N–H and O–H groups in total. The summed E-state index contributed by atoms with van der Waals surface area (Å²) in [6, 6.07) is 12.7. The molecule has 1 fully saturated rings. The van der Waals surface area contributed by atoms with Crippen LogP contribution in [0.5, 0.6) is 0 Å². The predicted octanol–water partition coefficient (Wildman–Crippen LogP) is 1.82. The largest absolute Gasteiger partial charge is 0.465 e. The molecule has 3 heterocycles. The van der Waals surface area contributed by atoms with Crippen LogP contribution < -0.4 is 21.9 Å². The van der Waals surface area contributed by atoms with Crippen LogP contribution in [-0.2, 0) is 29.2 Å². The summed E-state index contributed by atoms with van der Waals surface area (Å²) in [6.07, 6.45) is 1.67. The number of esters is 1. The van der Waals surface area contributed by atoms with Crippen LogP contribution in [0.4, 0.5) is 5.95 Å². The maximum absolute atomic E-state index is 14.2. The fourth-order valence-corrected chi connectivity index (χ4v) is 5.59. The standard InChI is InChI=1S/C31H30N8O4/c1-3-5-13-37-27-28(35-30(37)36-12-8-9-22(34)18-36)38(19-26(40)43-4-2)31(42)39(29(27)41)17-21-14-20(15-32)23-10-6-7-11-24(23)25(21)16-33/h6-7,10-11,14,22H,4,8-9,12-13,17-19,34H2,1-2H3. The van der Waals surface area contributed by atoms with Gasteiger partial charge in [-0.3, -0.25) is 23.3 Å². The van der Waals surface area contributed by atoms with E-state index in [1.165, 1.54) is 6.07 Å². The zero-order valence-corrected chi connectivity index (χ0v) is 24.0. The van der Waals surface area contributed by atoms with Gasteiger partial charge in [0.25, 0.3) is 5.56 Å². The van der Waals surface area contributed by atoms with E-state index in [4.69, 9.17) is 15.5 Å². The average molecular weight is 579 g/mol. The zero-order valence-electron chi connectivity index (χ0n) is 24.0. The fraction of sp³-hybridized carbons (Fsp3) is 0.355.